The van der Waals surface area contributed by atoms with Crippen molar-refractivity contribution in [3.8, 4) is 0 Å². The topological polar surface area (TPSA) is 66.5 Å². The molecule has 6 heteroatoms. The van der Waals surface area contributed by atoms with Crippen LogP contribution in [0.2, 0.25) is 0 Å². The first-order chi connectivity index (χ1) is 12.0. The Morgan fingerprint density at radius 1 is 1.12 bits per heavy atom. The molecule has 1 saturated heterocycles. The van der Waals surface area contributed by atoms with Gasteiger partial charge in [-0.05, 0) is 37.5 Å². The smallest absolute Gasteiger partial charge is 0.243 e. The van der Waals surface area contributed by atoms with Crippen molar-refractivity contribution in [3.05, 3.63) is 65.7 Å². The molecule has 132 valence electrons. The van der Waals surface area contributed by atoms with Crippen LogP contribution in [0, 0.1) is 6.92 Å². The Morgan fingerprint density at radius 2 is 1.80 bits per heavy atom. The number of rotatable bonds is 5. The Bertz CT molecular complexity index is 833. The minimum absolute atomic E-state index is 0.237. The zero-order chi connectivity index (χ0) is 17.9. The van der Waals surface area contributed by atoms with Gasteiger partial charge in [-0.2, -0.15) is 4.31 Å². The van der Waals surface area contributed by atoms with Gasteiger partial charge in [0.25, 0.3) is 0 Å². The number of carbonyl (C=O) groups excluding carboxylic acids is 1. The van der Waals surface area contributed by atoms with Crippen LogP contribution >= 0.6 is 0 Å². The number of hydrogen-bond donors (Lipinski definition) is 1. The largest absolute Gasteiger partial charge is 0.351 e. The number of hydrogen-bond acceptors (Lipinski definition) is 3. The van der Waals surface area contributed by atoms with Crippen LogP contribution < -0.4 is 5.32 Å². The van der Waals surface area contributed by atoms with Gasteiger partial charge in [-0.15, -0.1) is 0 Å². The molecule has 2 aromatic rings. The second-order valence-electron chi connectivity index (χ2n) is 6.29. The maximum Gasteiger partial charge on any atom is 0.243 e. The normalized spacial score (nSPS) is 18.2. The molecule has 1 aliphatic rings. The number of amides is 1. The zero-order valence-corrected chi connectivity index (χ0v) is 15.0. The Hall–Kier alpha value is -2.18. The third-order valence-corrected chi connectivity index (χ3v) is 6.37. The SMILES string of the molecule is Cc1ccc(S(=O)(=O)N2CCC[C@H]2C(=O)NCc2ccccc2)cc1. The Kier molecular flexibility index (Phi) is 5.20. The first-order valence-corrected chi connectivity index (χ1v) is 9.82. The molecule has 1 heterocycles. The lowest BCUT2D eigenvalue weighted by Gasteiger charge is -2.23. The summed E-state index contributed by atoms with van der Waals surface area (Å²) in [7, 11) is -3.66. The first-order valence-electron chi connectivity index (χ1n) is 8.38. The van der Waals surface area contributed by atoms with Crippen LogP contribution in [0.4, 0.5) is 0 Å². The average molecular weight is 358 g/mol. The molecule has 1 fully saturated rings. The lowest BCUT2D eigenvalue weighted by atomic mass is 10.2. The minimum atomic E-state index is -3.66. The summed E-state index contributed by atoms with van der Waals surface area (Å²) < 4.78 is 27.1. The Balaban J connectivity index is 1.73. The summed E-state index contributed by atoms with van der Waals surface area (Å²) >= 11 is 0. The fourth-order valence-electron chi connectivity index (χ4n) is 3.04. The number of benzene rings is 2. The van der Waals surface area contributed by atoms with E-state index in [2.05, 4.69) is 5.32 Å². The van der Waals surface area contributed by atoms with E-state index in [1.54, 1.807) is 24.3 Å². The maximum atomic E-state index is 12.9. The highest BCUT2D eigenvalue weighted by atomic mass is 32.2. The molecular weight excluding hydrogens is 336 g/mol. The Morgan fingerprint density at radius 3 is 2.48 bits per heavy atom. The molecule has 25 heavy (non-hydrogen) atoms. The van der Waals surface area contributed by atoms with E-state index in [-0.39, 0.29) is 10.8 Å². The van der Waals surface area contributed by atoms with Gasteiger partial charge in [0.05, 0.1) is 4.90 Å². The van der Waals surface area contributed by atoms with E-state index >= 15 is 0 Å². The molecule has 0 saturated carbocycles. The Labute approximate surface area is 148 Å². The molecule has 0 spiro atoms. The van der Waals surface area contributed by atoms with E-state index in [1.807, 2.05) is 37.3 Å². The second-order valence-corrected chi connectivity index (χ2v) is 8.18. The van der Waals surface area contributed by atoms with Crippen LogP contribution in [0.3, 0.4) is 0 Å². The molecule has 0 aliphatic carbocycles. The molecule has 1 atom stereocenters. The van der Waals surface area contributed by atoms with Crippen LogP contribution in [0.15, 0.2) is 59.5 Å². The summed E-state index contributed by atoms with van der Waals surface area (Å²) in [4.78, 5) is 12.8. The van der Waals surface area contributed by atoms with Crippen LogP contribution in [-0.4, -0.2) is 31.2 Å². The summed E-state index contributed by atoms with van der Waals surface area (Å²) in [6.45, 7) is 2.68. The van der Waals surface area contributed by atoms with Gasteiger partial charge >= 0.3 is 0 Å². The first kappa shape index (κ1) is 17.6. The van der Waals surface area contributed by atoms with Crippen molar-refractivity contribution in [3.63, 3.8) is 0 Å². The lowest BCUT2D eigenvalue weighted by molar-refractivity contribution is -0.124. The highest BCUT2D eigenvalue weighted by molar-refractivity contribution is 7.89. The molecule has 2 aromatic carbocycles. The van der Waals surface area contributed by atoms with Crippen molar-refractivity contribution in [1.29, 1.82) is 0 Å². The van der Waals surface area contributed by atoms with Crippen molar-refractivity contribution in [1.82, 2.24) is 9.62 Å². The monoisotopic (exact) mass is 358 g/mol. The van der Waals surface area contributed by atoms with Gasteiger partial charge < -0.3 is 5.32 Å². The summed E-state index contributed by atoms with van der Waals surface area (Å²) in [5, 5.41) is 2.86. The molecular formula is C19H22N2O3S. The van der Waals surface area contributed by atoms with Crippen molar-refractivity contribution >= 4 is 15.9 Å². The number of nitrogens with zero attached hydrogens (tertiary/aromatic N) is 1. The number of aryl methyl sites for hydroxylation is 1. The molecule has 0 aromatic heterocycles. The molecule has 0 unspecified atom stereocenters. The van der Waals surface area contributed by atoms with Gasteiger partial charge in [0, 0.05) is 13.1 Å². The predicted molar refractivity (Wildman–Crippen MR) is 96.4 cm³/mol. The number of sulfonamides is 1. The molecule has 3 rings (SSSR count). The van der Waals surface area contributed by atoms with Crippen LogP contribution in [-0.2, 0) is 21.4 Å². The van der Waals surface area contributed by atoms with Crippen molar-refractivity contribution in [2.45, 2.75) is 37.2 Å². The molecule has 1 N–H and O–H groups in total. The quantitative estimate of drug-likeness (QED) is 0.893. The molecule has 1 aliphatic heterocycles. The number of nitrogens with one attached hydrogen (secondary N) is 1. The highest BCUT2D eigenvalue weighted by Gasteiger charge is 2.39. The van der Waals surface area contributed by atoms with E-state index < -0.39 is 16.1 Å². The van der Waals surface area contributed by atoms with Crippen molar-refractivity contribution in [2.24, 2.45) is 0 Å². The molecule has 0 radical (unpaired) electrons. The van der Waals surface area contributed by atoms with Crippen molar-refractivity contribution in [2.75, 3.05) is 6.54 Å². The molecule has 5 nitrogen and oxygen atoms in total. The van der Waals surface area contributed by atoms with Gasteiger partial charge in [-0.3, -0.25) is 4.79 Å². The van der Waals surface area contributed by atoms with E-state index in [1.165, 1.54) is 4.31 Å². The van der Waals surface area contributed by atoms with Gasteiger partial charge in [0.1, 0.15) is 6.04 Å². The standard InChI is InChI=1S/C19H22N2O3S/c1-15-9-11-17(12-10-15)25(23,24)21-13-5-8-18(21)19(22)20-14-16-6-3-2-4-7-16/h2-4,6-7,9-12,18H,5,8,13-14H2,1H3,(H,20,22)/t18-/m0/s1. The summed E-state index contributed by atoms with van der Waals surface area (Å²) in [6, 6.07) is 15.7. The van der Waals surface area contributed by atoms with E-state index in [0.717, 1.165) is 11.1 Å². The predicted octanol–water partition coefficient (Wildman–Crippen LogP) is 2.46. The summed E-state index contributed by atoms with van der Waals surface area (Å²) in [6.07, 6.45) is 1.24. The molecule has 1 amide bonds. The zero-order valence-electron chi connectivity index (χ0n) is 14.2. The number of carbonyl (C=O) groups is 1. The maximum absolute atomic E-state index is 12.9. The van der Waals surface area contributed by atoms with Crippen LogP contribution in [0.25, 0.3) is 0 Å². The fourth-order valence-corrected chi connectivity index (χ4v) is 4.69. The average Bonchev–Trinajstić information content (AvgIpc) is 3.12. The van der Waals surface area contributed by atoms with Gasteiger partial charge in [0.15, 0.2) is 0 Å². The second kappa shape index (κ2) is 7.37. The van der Waals surface area contributed by atoms with E-state index in [9.17, 15) is 13.2 Å². The van der Waals surface area contributed by atoms with E-state index in [0.29, 0.717) is 25.9 Å². The lowest BCUT2D eigenvalue weighted by Crippen LogP contribution is -2.45. The van der Waals surface area contributed by atoms with Crippen LogP contribution in [0.1, 0.15) is 24.0 Å². The minimum Gasteiger partial charge on any atom is -0.351 e. The van der Waals surface area contributed by atoms with Gasteiger partial charge in [-0.25, -0.2) is 8.42 Å². The third kappa shape index (κ3) is 3.91. The van der Waals surface area contributed by atoms with Gasteiger partial charge in [-0.1, -0.05) is 48.0 Å². The van der Waals surface area contributed by atoms with Crippen LogP contribution in [0.5, 0.6) is 0 Å². The summed E-state index contributed by atoms with van der Waals surface area (Å²) in [5.74, 6) is -0.239. The van der Waals surface area contributed by atoms with Crippen molar-refractivity contribution < 1.29 is 13.2 Å². The molecule has 0 bridgehead atoms. The van der Waals surface area contributed by atoms with Gasteiger partial charge in [0.2, 0.25) is 15.9 Å². The van der Waals surface area contributed by atoms with E-state index in [4.69, 9.17) is 0 Å². The highest BCUT2D eigenvalue weighted by Crippen LogP contribution is 2.26. The fraction of sp³-hybridized carbons (Fsp3) is 0.316. The summed E-state index contributed by atoms with van der Waals surface area (Å²) in [5.41, 5.74) is 1.99. The third-order valence-electron chi connectivity index (χ3n) is 4.44.